The molecule has 5 N–H and O–H groups in total. The third kappa shape index (κ3) is 13.7. The van der Waals surface area contributed by atoms with Gasteiger partial charge in [-0.15, -0.1) is 0 Å². The molecular weight excluding hydrogens is 460 g/mol. The van der Waals surface area contributed by atoms with Gasteiger partial charge in [0.15, 0.2) is 0 Å². The molecule has 36 heavy (non-hydrogen) atoms. The number of phenols is 1. The van der Waals surface area contributed by atoms with E-state index in [0.717, 1.165) is 51.4 Å². The topological polar surface area (TPSA) is 137 Å². The molecule has 0 heterocycles. The number of phenolic OH excluding ortho intramolecular Hbond substituents is 1. The maximum absolute atomic E-state index is 11.9. The molecular formula is C27H38N4O5. The first-order valence-corrected chi connectivity index (χ1v) is 12.3. The molecule has 0 fully saturated rings. The smallest absolute Gasteiger partial charge is 0.273 e. The van der Waals surface area contributed by atoms with Crippen LogP contribution in [0.2, 0.25) is 0 Å². The predicted molar refractivity (Wildman–Crippen MR) is 139 cm³/mol. The molecule has 1 aromatic rings. The number of hydrogen-bond acceptors (Lipinski definition) is 5. The maximum Gasteiger partial charge on any atom is 0.273 e. The second-order valence-corrected chi connectivity index (χ2v) is 8.32. The van der Waals surface area contributed by atoms with Gasteiger partial charge < -0.3 is 5.11 Å². The third-order valence-electron chi connectivity index (χ3n) is 5.29. The van der Waals surface area contributed by atoms with Crippen LogP contribution in [0.25, 0.3) is 0 Å². The number of aromatic hydroxyl groups is 1. The van der Waals surface area contributed by atoms with Gasteiger partial charge in [-0.3, -0.25) is 40.9 Å². The minimum atomic E-state index is -0.566. The standard InChI is InChI=1S/C27H38N4O5/c1-3-4-11-16-21(2)26(35)30-28-24(33)19-12-9-7-5-6-8-10-13-20-25(34)29-31-27(36)22-17-14-15-18-23(22)32/h3-4,11,14-18,32H,1,5-10,12-13,19-20H2,2H3,(H,28,33)(H,29,34)(H,30,35)(H,31,36)/b11-4-,21-16+. The zero-order valence-corrected chi connectivity index (χ0v) is 21.0. The molecule has 0 bridgehead atoms. The fraction of sp³-hybridized carbons (Fsp3) is 0.407. The number of unbranched alkanes of at least 4 members (excludes halogenated alkanes) is 7. The number of hydrazine groups is 2. The van der Waals surface area contributed by atoms with E-state index in [1.54, 1.807) is 43.4 Å². The molecule has 1 aromatic carbocycles. The van der Waals surface area contributed by atoms with Crippen molar-refractivity contribution in [2.45, 2.75) is 71.1 Å². The summed E-state index contributed by atoms with van der Waals surface area (Å²) in [6.07, 6.45) is 14.8. The van der Waals surface area contributed by atoms with Gasteiger partial charge in [-0.25, -0.2) is 0 Å². The highest BCUT2D eigenvalue weighted by atomic mass is 16.3. The second kappa shape index (κ2) is 18.4. The molecule has 9 heteroatoms. The van der Waals surface area contributed by atoms with Crippen molar-refractivity contribution in [1.82, 2.24) is 21.7 Å². The van der Waals surface area contributed by atoms with Gasteiger partial charge in [0.25, 0.3) is 11.8 Å². The van der Waals surface area contributed by atoms with Crippen molar-refractivity contribution in [3.8, 4) is 5.75 Å². The molecule has 0 aliphatic heterocycles. The summed E-state index contributed by atoms with van der Waals surface area (Å²) >= 11 is 0. The Morgan fingerprint density at radius 3 is 1.86 bits per heavy atom. The largest absolute Gasteiger partial charge is 0.507 e. The van der Waals surface area contributed by atoms with Gasteiger partial charge in [0.2, 0.25) is 11.8 Å². The van der Waals surface area contributed by atoms with E-state index in [2.05, 4.69) is 28.3 Å². The Labute approximate surface area is 213 Å². The quantitative estimate of drug-likeness (QED) is 0.108. The van der Waals surface area contributed by atoms with E-state index in [9.17, 15) is 24.3 Å². The first kappa shape index (κ1) is 30.2. The van der Waals surface area contributed by atoms with Crippen LogP contribution >= 0.6 is 0 Å². The molecule has 4 amide bonds. The number of amides is 4. The average molecular weight is 499 g/mol. The van der Waals surface area contributed by atoms with E-state index in [0.29, 0.717) is 18.4 Å². The summed E-state index contributed by atoms with van der Waals surface area (Å²) < 4.78 is 0. The predicted octanol–water partition coefficient (Wildman–Crippen LogP) is 3.89. The highest BCUT2D eigenvalue weighted by Gasteiger charge is 2.11. The van der Waals surface area contributed by atoms with Crippen LogP contribution in [-0.4, -0.2) is 28.7 Å². The summed E-state index contributed by atoms with van der Waals surface area (Å²) in [6, 6.07) is 6.11. The van der Waals surface area contributed by atoms with Crippen LogP contribution in [0.15, 0.2) is 60.7 Å². The van der Waals surface area contributed by atoms with Gasteiger partial charge in [0, 0.05) is 18.4 Å². The molecule has 0 aliphatic carbocycles. The van der Waals surface area contributed by atoms with Crippen molar-refractivity contribution in [2.75, 3.05) is 0 Å². The number of nitrogens with one attached hydrogen (secondary N) is 4. The van der Waals surface area contributed by atoms with Crippen LogP contribution in [0.4, 0.5) is 0 Å². The molecule has 1 rings (SSSR count). The van der Waals surface area contributed by atoms with E-state index >= 15 is 0 Å². The van der Waals surface area contributed by atoms with Crippen molar-refractivity contribution in [2.24, 2.45) is 0 Å². The van der Waals surface area contributed by atoms with Crippen LogP contribution < -0.4 is 21.7 Å². The SMILES string of the molecule is C=C/C=C\C=C(/C)C(=O)NNC(=O)CCCCCCCCCCC(=O)NNC(=O)c1ccccc1O. The summed E-state index contributed by atoms with van der Waals surface area (Å²) in [6.45, 7) is 5.20. The van der Waals surface area contributed by atoms with Gasteiger partial charge in [-0.2, -0.15) is 0 Å². The zero-order valence-electron chi connectivity index (χ0n) is 21.0. The first-order chi connectivity index (χ1) is 17.3. The van der Waals surface area contributed by atoms with E-state index in [1.165, 1.54) is 12.1 Å². The number of para-hydroxylation sites is 1. The van der Waals surface area contributed by atoms with E-state index in [4.69, 9.17) is 0 Å². The number of hydrogen-bond donors (Lipinski definition) is 5. The van der Waals surface area contributed by atoms with Crippen LogP contribution in [0.3, 0.4) is 0 Å². The minimum absolute atomic E-state index is 0.0982. The Balaban J connectivity index is 1.98. The molecule has 0 spiro atoms. The van der Waals surface area contributed by atoms with Crippen molar-refractivity contribution in [1.29, 1.82) is 0 Å². The molecule has 0 saturated carbocycles. The summed E-state index contributed by atoms with van der Waals surface area (Å²) in [7, 11) is 0. The van der Waals surface area contributed by atoms with Crippen molar-refractivity contribution >= 4 is 23.6 Å². The normalized spacial score (nSPS) is 11.1. The summed E-state index contributed by atoms with van der Waals surface area (Å²) in [5.74, 6) is -1.56. The molecule has 0 saturated heterocycles. The molecule has 196 valence electrons. The zero-order chi connectivity index (χ0) is 26.6. The Kier molecular flexibility index (Phi) is 15.5. The second-order valence-electron chi connectivity index (χ2n) is 8.32. The van der Waals surface area contributed by atoms with Crippen molar-refractivity contribution < 1.29 is 24.3 Å². The molecule has 0 unspecified atom stereocenters. The highest BCUT2D eigenvalue weighted by molar-refractivity contribution is 5.97. The lowest BCUT2D eigenvalue weighted by Gasteiger charge is -2.08. The van der Waals surface area contributed by atoms with Crippen LogP contribution in [0.1, 0.15) is 81.5 Å². The molecule has 9 nitrogen and oxygen atoms in total. The maximum atomic E-state index is 11.9. The lowest BCUT2D eigenvalue weighted by Crippen LogP contribution is -2.41. The number of carbonyl (C=O) groups is 4. The Morgan fingerprint density at radius 2 is 1.31 bits per heavy atom. The van der Waals surface area contributed by atoms with Crippen LogP contribution in [0, 0.1) is 0 Å². The fourth-order valence-corrected chi connectivity index (χ4v) is 3.20. The minimum Gasteiger partial charge on any atom is -0.507 e. The Hall–Kier alpha value is -3.88. The fourth-order valence-electron chi connectivity index (χ4n) is 3.20. The highest BCUT2D eigenvalue weighted by Crippen LogP contribution is 2.14. The summed E-state index contributed by atoms with van der Waals surface area (Å²) in [5.41, 5.74) is 10.1. The van der Waals surface area contributed by atoms with E-state index in [1.807, 2.05) is 0 Å². The monoisotopic (exact) mass is 498 g/mol. The number of benzene rings is 1. The van der Waals surface area contributed by atoms with Crippen molar-refractivity contribution in [3.63, 3.8) is 0 Å². The lowest BCUT2D eigenvalue weighted by atomic mass is 10.1. The van der Waals surface area contributed by atoms with Gasteiger partial charge in [-0.05, 0) is 31.9 Å². The van der Waals surface area contributed by atoms with Gasteiger partial charge in [0.05, 0.1) is 5.56 Å². The summed E-state index contributed by atoms with van der Waals surface area (Å²) in [4.78, 5) is 47.4. The Bertz CT molecular complexity index is 940. The van der Waals surface area contributed by atoms with Gasteiger partial charge in [0.1, 0.15) is 5.75 Å². The Morgan fingerprint density at radius 1 is 0.778 bits per heavy atom. The average Bonchev–Trinajstić information content (AvgIpc) is 2.87. The number of carbonyl (C=O) groups excluding carboxylic acids is 4. The first-order valence-electron chi connectivity index (χ1n) is 12.3. The van der Waals surface area contributed by atoms with Crippen LogP contribution in [-0.2, 0) is 14.4 Å². The number of allylic oxidation sites excluding steroid dienone is 4. The molecule has 0 radical (unpaired) electrons. The van der Waals surface area contributed by atoms with Crippen molar-refractivity contribution in [3.05, 3.63) is 66.3 Å². The molecule has 0 aliphatic rings. The molecule has 0 aromatic heterocycles. The third-order valence-corrected chi connectivity index (χ3v) is 5.29. The lowest BCUT2D eigenvalue weighted by molar-refractivity contribution is -0.127. The van der Waals surface area contributed by atoms with Gasteiger partial charge >= 0.3 is 0 Å². The number of rotatable bonds is 15. The summed E-state index contributed by atoms with van der Waals surface area (Å²) in [5, 5.41) is 9.64. The molecule has 0 atom stereocenters. The van der Waals surface area contributed by atoms with E-state index < -0.39 is 5.91 Å². The van der Waals surface area contributed by atoms with Crippen LogP contribution in [0.5, 0.6) is 5.75 Å². The van der Waals surface area contributed by atoms with Gasteiger partial charge in [-0.1, -0.05) is 81.5 Å². The van der Waals surface area contributed by atoms with E-state index in [-0.39, 0.29) is 29.0 Å².